The number of hydrogen-bond donors (Lipinski definition) is 0. The molecule has 1 fully saturated rings. The molecule has 1 saturated heterocycles. The van der Waals surface area contributed by atoms with Gasteiger partial charge in [0.1, 0.15) is 18.3 Å². The molecule has 0 radical (unpaired) electrons. The number of rotatable bonds is 7. The Hall–Kier alpha value is -3.11. The molecule has 0 saturated carbocycles. The smallest absolute Gasteiger partial charge is 0.256 e. The molecular formula is C20H25F2N7O2. The predicted molar refractivity (Wildman–Crippen MR) is 109 cm³/mol. The number of likely N-dealkylation sites (tertiary alicyclic amines) is 1. The first-order valence-electron chi connectivity index (χ1n) is 10.4. The molecule has 0 N–H and O–H groups in total. The summed E-state index contributed by atoms with van der Waals surface area (Å²) in [5, 5.41) is 4.31. The third-order valence-electron chi connectivity index (χ3n) is 5.54. The summed E-state index contributed by atoms with van der Waals surface area (Å²) in [5.74, 6) is 0.661. The van der Waals surface area contributed by atoms with Gasteiger partial charge in [-0.25, -0.2) is 18.7 Å². The Kier molecular flexibility index (Phi) is 5.84. The van der Waals surface area contributed by atoms with Crippen LogP contribution in [0.2, 0.25) is 0 Å². The average Bonchev–Trinajstić information content (AvgIpc) is 3.45. The Bertz CT molecular complexity index is 1090. The van der Waals surface area contributed by atoms with Gasteiger partial charge in [-0.1, -0.05) is 6.92 Å². The summed E-state index contributed by atoms with van der Waals surface area (Å²) in [6.07, 6.45) is 1.21. The van der Waals surface area contributed by atoms with Crippen LogP contribution >= 0.6 is 0 Å². The molecule has 1 atom stereocenters. The van der Waals surface area contributed by atoms with Gasteiger partial charge in [-0.2, -0.15) is 10.1 Å². The maximum Gasteiger partial charge on any atom is 0.256 e. The number of aryl methyl sites for hydroxylation is 1. The van der Waals surface area contributed by atoms with E-state index >= 15 is 0 Å². The van der Waals surface area contributed by atoms with E-state index in [0.29, 0.717) is 49.4 Å². The van der Waals surface area contributed by atoms with Crippen LogP contribution in [0.1, 0.15) is 32.4 Å². The van der Waals surface area contributed by atoms with Gasteiger partial charge in [0.05, 0.1) is 24.8 Å². The van der Waals surface area contributed by atoms with E-state index in [9.17, 15) is 13.6 Å². The van der Waals surface area contributed by atoms with Crippen molar-refractivity contribution in [3.05, 3.63) is 18.2 Å². The molecule has 9 nitrogen and oxygen atoms in total. The standard InChI is InChI=1S/C20H25F2N7O2/c1-4-16(30)27-7-6-13(9-27)31-20-17-19(23-11-24-20)28(10-15(21)22)18(26-17)14-8-25-29(5-2)12(14)3/h8,11,13,15H,4-7,9-10H2,1-3H3. The quantitative estimate of drug-likeness (QED) is 0.569. The van der Waals surface area contributed by atoms with Crippen molar-refractivity contribution in [3.8, 4) is 17.3 Å². The molecule has 4 rings (SSSR count). The molecule has 0 aromatic carbocycles. The summed E-state index contributed by atoms with van der Waals surface area (Å²) in [4.78, 5) is 26.7. The molecule has 11 heteroatoms. The topological polar surface area (TPSA) is 91.0 Å². The van der Waals surface area contributed by atoms with Gasteiger partial charge in [-0.3, -0.25) is 9.48 Å². The van der Waals surface area contributed by atoms with Crippen molar-refractivity contribution in [3.63, 3.8) is 0 Å². The normalized spacial score (nSPS) is 16.6. The molecule has 3 aromatic heterocycles. The number of aromatic nitrogens is 6. The number of alkyl halides is 2. The number of imidazole rings is 1. The SMILES string of the molecule is CCC(=O)N1CCC(Oc2ncnc3c2nc(-c2cnn(CC)c2C)n3CC(F)F)C1. The molecule has 3 aromatic rings. The summed E-state index contributed by atoms with van der Waals surface area (Å²) >= 11 is 0. The molecular weight excluding hydrogens is 408 g/mol. The van der Waals surface area contributed by atoms with Crippen molar-refractivity contribution in [2.24, 2.45) is 0 Å². The summed E-state index contributed by atoms with van der Waals surface area (Å²) in [6.45, 7) is 6.84. The van der Waals surface area contributed by atoms with Crippen LogP contribution in [0.4, 0.5) is 8.78 Å². The zero-order valence-corrected chi connectivity index (χ0v) is 17.8. The number of amides is 1. The third kappa shape index (κ3) is 3.96. The summed E-state index contributed by atoms with van der Waals surface area (Å²) in [7, 11) is 0. The Balaban J connectivity index is 1.73. The Morgan fingerprint density at radius 2 is 2.13 bits per heavy atom. The van der Waals surface area contributed by atoms with Gasteiger partial charge >= 0.3 is 0 Å². The van der Waals surface area contributed by atoms with Crippen LogP contribution < -0.4 is 4.74 Å². The van der Waals surface area contributed by atoms with E-state index in [4.69, 9.17) is 4.74 Å². The highest BCUT2D eigenvalue weighted by atomic mass is 19.3. The molecule has 0 aliphatic carbocycles. The first kappa shape index (κ1) is 21.1. The number of ether oxygens (including phenoxy) is 1. The van der Waals surface area contributed by atoms with Crippen LogP contribution in [0.25, 0.3) is 22.6 Å². The van der Waals surface area contributed by atoms with E-state index in [0.717, 1.165) is 5.69 Å². The Labute approximate surface area is 178 Å². The van der Waals surface area contributed by atoms with Crippen molar-refractivity contribution in [1.82, 2.24) is 34.2 Å². The number of nitrogens with zero attached hydrogens (tertiary/aromatic N) is 7. The highest BCUT2D eigenvalue weighted by Crippen LogP contribution is 2.31. The monoisotopic (exact) mass is 433 g/mol. The molecule has 0 spiro atoms. The molecule has 1 amide bonds. The largest absolute Gasteiger partial charge is 0.471 e. The minimum absolute atomic E-state index is 0.0749. The lowest BCUT2D eigenvalue weighted by atomic mass is 10.2. The second-order valence-electron chi connectivity index (χ2n) is 7.47. The molecule has 166 valence electrons. The zero-order valence-electron chi connectivity index (χ0n) is 17.8. The lowest BCUT2D eigenvalue weighted by Crippen LogP contribution is -2.30. The van der Waals surface area contributed by atoms with Crippen LogP contribution in [0.5, 0.6) is 5.88 Å². The number of carbonyl (C=O) groups excluding carboxylic acids is 1. The molecule has 1 unspecified atom stereocenters. The maximum atomic E-state index is 13.4. The van der Waals surface area contributed by atoms with Gasteiger partial charge in [-0.05, 0) is 13.8 Å². The van der Waals surface area contributed by atoms with Crippen LogP contribution in [0.3, 0.4) is 0 Å². The minimum Gasteiger partial charge on any atom is -0.471 e. The van der Waals surface area contributed by atoms with Crippen molar-refractivity contribution in [2.75, 3.05) is 13.1 Å². The zero-order chi connectivity index (χ0) is 22.1. The van der Waals surface area contributed by atoms with Crippen LogP contribution in [0.15, 0.2) is 12.5 Å². The molecule has 31 heavy (non-hydrogen) atoms. The molecule has 1 aliphatic heterocycles. The van der Waals surface area contributed by atoms with E-state index in [2.05, 4.69) is 20.1 Å². The number of fused-ring (bicyclic) bond motifs is 1. The van der Waals surface area contributed by atoms with E-state index in [-0.39, 0.29) is 23.5 Å². The van der Waals surface area contributed by atoms with E-state index in [1.165, 1.54) is 10.9 Å². The van der Waals surface area contributed by atoms with E-state index < -0.39 is 13.0 Å². The Morgan fingerprint density at radius 3 is 2.81 bits per heavy atom. The lowest BCUT2D eigenvalue weighted by molar-refractivity contribution is -0.130. The van der Waals surface area contributed by atoms with Gasteiger partial charge in [0.2, 0.25) is 11.8 Å². The highest BCUT2D eigenvalue weighted by Gasteiger charge is 2.29. The van der Waals surface area contributed by atoms with Gasteiger partial charge in [-0.15, -0.1) is 0 Å². The van der Waals surface area contributed by atoms with E-state index in [1.807, 2.05) is 20.8 Å². The maximum absolute atomic E-state index is 13.4. The first-order chi connectivity index (χ1) is 14.9. The first-order valence-corrected chi connectivity index (χ1v) is 10.4. The van der Waals surface area contributed by atoms with E-state index in [1.54, 1.807) is 15.8 Å². The van der Waals surface area contributed by atoms with Gasteiger partial charge in [0, 0.05) is 31.6 Å². The fourth-order valence-electron chi connectivity index (χ4n) is 3.94. The lowest BCUT2D eigenvalue weighted by Gasteiger charge is -2.16. The van der Waals surface area contributed by atoms with Crippen molar-refractivity contribution >= 4 is 17.1 Å². The molecule has 1 aliphatic rings. The number of hydrogen-bond acceptors (Lipinski definition) is 6. The van der Waals surface area contributed by atoms with Crippen LogP contribution in [0, 0.1) is 6.92 Å². The summed E-state index contributed by atoms with van der Waals surface area (Å²) in [5.41, 5.74) is 2.09. The molecule has 0 bridgehead atoms. The predicted octanol–water partition coefficient (Wildman–Crippen LogP) is 2.67. The van der Waals surface area contributed by atoms with Gasteiger partial charge in [0.15, 0.2) is 11.2 Å². The van der Waals surface area contributed by atoms with Gasteiger partial charge in [0.25, 0.3) is 6.43 Å². The minimum atomic E-state index is -2.58. The van der Waals surface area contributed by atoms with Crippen LogP contribution in [-0.2, 0) is 17.9 Å². The van der Waals surface area contributed by atoms with Crippen molar-refractivity contribution < 1.29 is 18.3 Å². The fourth-order valence-corrected chi connectivity index (χ4v) is 3.94. The number of carbonyl (C=O) groups is 1. The van der Waals surface area contributed by atoms with Crippen LogP contribution in [-0.4, -0.2) is 65.7 Å². The average molecular weight is 433 g/mol. The highest BCUT2D eigenvalue weighted by molar-refractivity contribution is 5.81. The second kappa shape index (κ2) is 8.56. The third-order valence-corrected chi connectivity index (χ3v) is 5.54. The number of halogens is 2. The molecule has 4 heterocycles. The Morgan fingerprint density at radius 1 is 1.32 bits per heavy atom. The van der Waals surface area contributed by atoms with Gasteiger partial charge < -0.3 is 14.2 Å². The second-order valence-corrected chi connectivity index (χ2v) is 7.47. The van der Waals surface area contributed by atoms with Crippen molar-refractivity contribution in [2.45, 2.75) is 59.2 Å². The summed E-state index contributed by atoms with van der Waals surface area (Å²) < 4.78 is 36.0. The fraction of sp³-hybridized carbons (Fsp3) is 0.550. The van der Waals surface area contributed by atoms with Crippen molar-refractivity contribution in [1.29, 1.82) is 0 Å². The summed E-state index contributed by atoms with van der Waals surface area (Å²) in [6, 6.07) is 0.